The van der Waals surface area contributed by atoms with Gasteiger partial charge in [-0.1, -0.05) is 15.9 Å². The molecule has 4 N–H and O–H groups in total. The summed E-state index contributed by atoms with van der Waals surface area (Å²) in [6.45, 7) is 5.07. The summed E-state index contributed by atoms with van der Waals surface area (Å²) in [6.07, 6.45) is -1.19. The molecule has 0 spiro atoms. The van der Waals surface area contributed by atoms with Gasteiger partial charge >= 0.3 is 12.0 Å². The van der Waals surface area contributed by atoms with Gasteiger partial charge in [0.25, 0.3) is 0 Å². The quantitative estimate of drug-likeness (QED) is 0.671. The lowest BCUT2D eigenvalue weighted by atomic mass is 10.1. The maximum absolute atomic E-state index is 11.7. The van der Waals surface area contributed by atoms with Crippen LogP contribution in [0.3, 0.4) is 0 Å². The predicted molar refractivity (Wildman–Crippen MR) is 78.9 cm³/mol. The molecule has 0 saturated heterocycles. The molecule has 0 aromatic heterocycles. The first kappa shape index (κ1) is 16.5. The molecule has 110 valence electrons. The van der Waals surface area contributed by atoms with E-state index in [0.717, 1.165) is 15.6 Å². The van der Waals surface area contributed by atoms with E-state index in [-0.39, 0.29) is 0 Å². The van der Waals surface area contributed by atoms with Gasteiger partial charge in [-0.15, -0.1) is 0 Å². The third-order valence-electron chi connectivity index (χ3n) is 2.73. The molecule has 0 aliphatic carbocycles. The summed E-state index contributed by atoms with van der Waals surface area (Å²) in [5.74, 6) is -1.29. The van der Waals surface area contributed by atoms with Crippen molar-refractivity contribution in [3.8, 4) is 0 Å². The Labute approximate surface area is 125 Å². The van der Waals surface area contributed by atoms with Crippen LogP contribution in [0.15, 0.2) is 16.6 Å². The van der Waals surface area contributed by atoms with Gasteiger partial charge < -0.3 is 20.8 Å². The van der Waals surface area contributed by atoms with Gasteiger partial charge in [-0.05, 0) is 44.0 Å². The Morgan fingerprint density at radius 3 is 2.15 bits per heavy atom. The first-order valence-corrected chi connectivity index (χ1v) is 6.76. The largest absolute Gasteiger partial charge is 0.480 e. The fourth-order valence-electron chi connectivity index (χ4n) is 1.72. The lowest BCUT2D eigenvalue weighted by molar-refractivity contribution is -0.141. The topological polar surface area (TPSA) is 98.7 Å². The number of aliphatic hydroxyl groups is 1. The highest BCUT2D eigenvalue weighted by Gasteiger charge is 2.24. The Kier molecular flexibility index (Phi) is 5.52. The number of aryl methyl sites for hydroxylation is 2. The van der Waals surface area contributed by atoms with Crippen LogP contribution >= 0.6 is 15.9 Å². The second kappa shape index (κ2) is 6.71. The predicted octanol–water partition coefficient (Wildman–Crippen LogP) is 2.02. The maximum Gasteiger partial charge on any atom is 0.328 e. The van der Waals surface area contributed by atoms with Gasteiger partial charge in [-0.2, -0.15) is 0 Å². The number of hydrogen-bond donors (Lipinski definition) is 4. The summed E-state index contributed by atoms with van der Waals surface area (Å²) in [5.41, 5.74) is 2.45. The molecule has 0 aliphatic heterocycles. The van der Waals surface area contributed by atoms with Crippen LogP contribution in [0.4, 0.5) is 10.5 Å². The third-order valence-corrected chi connectivity index (χ3v) is 3.98. The van der Waals surface area contributed by atoms with Crippen LogP contribution < -0.4 is 10.6 Å². The molecular weight excluding hydrogens is 328 g/mol. The fraction of sp³-hybridized carbons (Fsp3) is 0.385. The molecule has 1 rings (SSSR count). The number of aliphatic carboxylic acids is 1. The second-order valence-corrected chi connectivity index (χ2v) is 5.37. The highest BCUT2D eigenvalue weighted by atomic mass is 79.9. The van der Waals surface area contributed by atoms with Gasteiger partial charge in [0.15, 0.2) is 6.04 Å². The van der Waals surface area contributed by atoms with Crippen molar-refractivity contribution in [2.24, 2.45) is 0 Å². The lowest BCUT2D eigenvalue weighted by Gasteiger charge is -2.18. The number of carbonyl (C=O) groups excluding carboxylic acids is 1. The molecule has 0 heterocycles. The number of nitrogens with one attached hydrogen (secondary N) is 2. The Morgan fingerprint density at radius 2 is 1.75 bits per heavy atom. The van der Waals surface area contributed by atoms with Crippen LogP contribution in [0.2, 0.25) is 0 Å². The minimum absolute atomic E-state index is 0.551. The Balaban J connectivity index is 2.78. The molecule has 1 aromatic carbocycles. The van der Waals surface area contributed by atoms with E-state index < -0.39 is 24.1 Å². The van der Waals surface area contributed by atoms with Crippen LogP contribution in [0, 0.1) is 13.8 Å². The molecule has 0 aliphatic rings. The van der Waals surface area contributed by atoms with E-state index in [1.165, 1.54) is 6.92 Å². The lowest BCUT2D eigenvalue weighted by Crippen LogP contribution is -2.49. The highest BCUT2D eigenvalue weighted by molar-refractivity contribution is 9.10. The van der Waals surface area contributed by atoms with E-state index in [1.807, 2.05) is 13.8 Å². The number of halogens is 1. The van der Waals surface area contributed by atoms with Gasteiger partial charge in [-0.25, -0.2) is 9.59 Å². The van der Waals surface area contributed by atoms with E-state index in [9.17, 15) is 14.7 Å². The summed E-state index contributed by atoms with van der Waals surface area (Å²) in [4.78, 5) is 22.6. The molecule has 2 atom stereocenters. The van der Waals surface area contributed by atoms with E-state index in [0.29, 0.717) is 5.69 Å². The van der Waals surface area contributed by atoms with Crippen molar-refractivity contribution < 1.29 is 19.8 Å². The number of anilines is 1. The Hall–Kier alpha value is -1.60. The minimum Gasteiger partial charge on any atom is -0.480 e. The van der Waals surface area contributed by atoms with Crippen molar-refractivity contribution >= 4 is 33.6 Å². The average molecular weight is 345 g/mol. The maximum atomic E-state index is 11.7. The van der Waals surface area contributed by atoms with Crippen molar-refractivity contribution in [1.29, 1.82) is 0 Å². The van der Waals surface area contributed by atoms with E-state index in [4.69, 9.17) is 5.11 Å². The van der Waals surface area contributed by atoms with Crippen molar-refractivity contribution in [2.45, 2.75) is 32.9 Å². The molecule has 20 heavy (non-hydrogen) atoms. The SMILES string of the molecule is Cc1cc(NC(=O)N[C@H](C(=O)O)[C@@H](C)O)cc(C)c1Br. The summed E-state index contributed by atoms with van der Waals surface area (Å²) in [6, 6.07) is 1.48. The smallest absolute Gasteiger partial charge is 0.328 e. The Morgan fingerprint density at radius 1 is 1.25 bits per heavy atom. The van der Waals surface area contributed by atoms with Gasteiger partial charge in [0.2, 0.25) is 0 Å². The molecule has 0 bridgehead atoms. The number of urea groups is 1. The van der Waals surface area contributed by atoms with Crippen molar-refractivity contribution in [1.82, 2.24) is 5.32 Å². The number of hydrogen-bond acceptors (Lipinski definition) is 3. The zero-order chi connectivity index (χ0) is 15.4. The molecule has 6 nitrogen and oxygen atoms in total. The summed E-state index contributed by atoms with van der Waals surface area (Å²) >= 11 is 3.42. The number of rotatable bonds is 4. The van der Waals surface area contributed by atoms with E-state index >= 15 is 0 Å². The van der Waals surface area contributed by atoms with Gasteiger partial charge in [0.1, 0.15) is 0 Å². The number of benzene rings is 1. The van der Waals surface area contributed by atoms with Crippen LogP contribution in [0.1, 0.15) is 18.1 Å². The normalized spacial score (nSPS) is 13.4. The van der Waals surface area contributed by atoms with Gasteiger partial charge in [0.05, 0.1) is 6.10 Å². The molecular formula is C13H17BrN2O4. The van der Waals surface area contributed by atoms with Gasteiger partial charge in [-0.3, -0.25) is 0 Å². The molecule has 0 saturated carbocycles. The zero-order valence-electron chi connectivity index (χ0n) is 11.4. The molecule has 1 aromatic rings. The van der Waals surface area contributed by atoms with Crippen molar-refractivity contribution in [2.75, 3.05) is 5.32 Å². The van der Waals surface area contributed by atoms with Gasteiger partial charge in [0, 0.05) is 10.2 Å². The van der Waals surface area contributed by atoms with Crippen LogP contribution in [-0.4, -0.2) is 34.4 Å². The van der Waals surface area contributed by atoms with Crippen LogP contribution in [-0.2, 0) is 4.79 Å². The van der Waals surface area contributed by atoms with Crippen LogP contribution in [0.5, 0.6) is 0 Å². The first-order valence-electron chi connectivity index (χ1n) is 5.97. The monoisotopic (exact) mass is 344 g/mol. The zero-order valence-corrected chi connectivity index (χ0v) is 13.0. The fourth-order valence-corrected chi connectivity index (χ4v) is 1.94. The van der Waals surface area contributed by atoms with Crippen molar-refractivity contribution in [3.05, 3.63) is 27.7 Å². The molecule has 0 radical (unpaired) electrons. The Bertz CT molecular complexity index is 508. The number of amides is 2. The van der Waals surface area contributed by atoms with E-state index in [2.05, 4.69) is 26.6 Å². The number of carboxylic acid groups (broad SMARTS) is 1. The summed E-state index contributed by atoms with van der Waals surface area (Å²) < 4.78 is 0.954. The second-order valence-electron chi connectivity index (χ2n) is 4.58. The molecule has 0 unspecified atom stereocenters. The third kappa shape index (κ3) is 4.21. The standard InChI is InChI=1S/C13H17BrN2O4/c1-6-4-9(5-7(2)10(6)14)15-13(20)16-11(8(3)17)12(18)19/h4-5,8,11,17H,1-3H3,(H,18,19)(H2,15,16,20)/t8-,11+/m1/s1. The number of aliphatic hydroxyl groups excluding tert-OH is 1. The average Bonchev–Trinajstić information content (AvgIpc) is 2.32. The van der Waals surface area contributed by atoms with Crippen molar-refractivity contribution in [3.63, 3.8) is 0 Å². The summed E-state index contributed by atoms with van der Waals surface area (Å²) in [5, 5.41) is 22.9. The summed E-state index contributed by atoms with van der Waals surface area (Å²) in [7, 11) is 0. The van der Waals surface area contributed by atoms with Crippen LogP contribution in [0.25, 0.3) is 0 Å². The molecule has 2 amide bonds. The molecule has 0 fully saturated rings. The highest BCUT2D eigenvalue weighted by Crippen LogP contribution is 2.24. The number of carboxylic acids is 1. The first-order chi connectivity index (χ1) is 9.22. The number of carbonyl (C=O) groups is 2. The molecule has 7 heteroatoms. The van der Waals surface area contributed by atoms with E-state index in [1.54, 1.807) is 12.1 Å². The minimum atomic E-state index is -1.35.